The SMILES string of the molecule is Clc1snnc1CN1CC[C@@H](n2cnc3c2CCCC3)C1. The number of likely N-dealkylation sites (tertiary alicyclic amines) is 1. The van der Waals surface area contributed by atoms with E-state index in [1.165, 1.54) is 48.6 Å². The van der Waals surface area contributed by atoms with Crippen molar-refractivity contribution < 1.29 is 0 Å². The molecule has 4 rings (SSSR count). The summed E-state index contributed by atoms with van der Waals surface area (Å²) in [4.78, 5) is 7.04. The molecule has 0 bridgehead atoms. The monoisotopic (exact) mass is 323 g/mol. The van der Waals surface area contributed by atoms with E-state index in [0.29, 0.717) is 6.04 Å². The Morgan fingerprint density at radius 3 is 3.10 bits per heavy atom. The topological polar surface area (TPSA) is 46.8 Å². The maximum Gasteiger partial charge on any atom is 0.138 e. The van der Waals surface area contributed by atoms with Crippen LogP contribution in [0.25, 0.3) is 0 Å². The molecular weight excluding hydrogens is 306 g/mol. The minimum Gasteiger partial charge on any atom is -0.330 e. The van der Waals surface area contributed by atoms with Gasteiger partial charge in [-0.2, -0.15) is 0 Å². The van der Waals surface area contributed by atoms with Gasteiger partial charge in [-0.1, -0.05) is 16.1 Å². The van der Waals surface area contributed by atoms with Crippen molar-refractivity contribution in [1.29, 1.82) is 0 Å². The molecule has 0 amide bonds. The molecule has 7 heteroatoms. The summed E-state index contributed by atoms with van der Waals surface area (Å²) in [7, 11) is 0. The Balaban J connectivity index is 1.47. The molecule has 1 fully saturated rings. The van der Waals surface area contributed by atoms with Crippen molar-refractivity contribution in [3.8, 4) is 0 Å². The fourth-order valence-corrected chi connectivity index (χ4v) is 4.10. The predicted molar refractivity (Wildman–Crippen MR) is 82.7 cm³/mol. The van der Waals surface area contributed by atoms with Gasteiger partial charge in [0.1, 0.15) is 10.0 Å². The van der Waals surface area contributed by atoms with Crippen LogP contribution in [0.3, 0.4) is 0 Å². The molecule has 0 unspecified atom stereocenters. The largest absolute Gasteiger partial charge is 0.330 e. The third kappa shape index (κ3) is 2.60. The fourth-order valence-electron chi connectivity index (χ4n) is 3.49. The van der Waals surface area contributed by atoms with E-state index in [0.717, 1.165) is 36.1 Å². The van der Waals surface area contributed by atoms with Gasteiger partial charge in [0.25, 0.3) is 0 Å². The standard InChI is InChI=1S/C14H18ClN5S/c15-14-12(17-18-21-14)8-19-6-5-10(7-19)20-9-16-11-3-1-2-4-13(11)20/h9-10H,1-8H2/t10-/m1/s1. The Labute approximate surface area is 133 Å². The summed E-state index contributed by atoms with van der Waals surface area (Å²) in [6.07, 6.45) is 8.16. The van der Waals surface area contributed by atoms with Gasteiger partial charge in [0.15, 0.2) is 0 Å². The maximum atomic E-state index is 6.10. The van der Waals surface area contributed by atoms with Crippen LogP contribution in [0.1, 0.15) is 42.4 Å². The minimum atomic E-state index is 0.546. The summed E-state index contributed by atoms with van der Waals surface area (Å²) >= 11 is 7.37. The summed E-state index contributed by atoms with van der Waals surface area (Å²) in [5.41, 5.74) is 3.71. The Morgan fingerprint density at radius 1 is 1.33 bits per heavy atom. The number of fused-ring (bicyclic) bond motifs is 1. The predicted octanol–water partition coefficient (Wildman–Crippen LogP) is 2.71. The molecule has 2 aliphatic rings. The van der Waals surface area contributed by atoms with Gasteiger partial charge in [-0.25, -0.2) is 4.98 Å². The zero-order valence-electron chi connectivity index (χ0n) is 11.8. The molecule has 0 spiro atoms. The molecule has 1 saturated heterocycles. The van der Waals surface area contributed by atoms with Crippen molar-refractivity contribution in [3.63, 3.8) is 0 Å². The quantitative estimate of drug-likeness (QED) is 0.871. The number of hydrogen-bond donors (Lipinski definition) is 0. The number of aryl methyl sites for hydroxylation is 1. The van der Waals surface area contributed by atoms with E-state index in [1.54, 1.807) is 0 Å². The van der Waals surface area contributed by atoms with Crippen molar-refractivity contribution in [1.82, 2.24) is 24.0 Å². The Morgan fingerprint density at radius 2 is 2.24 bits per heavy atom. The van der Waals surface area contributed by atoms with Gasteiger partial charge in [-0.15, -0.1) is 5.10 Å². The maximum absolute atomic E-state index is 6.10. The Bertz CT molecular complexity index is 637. The molecule has 0 saturated carbocycles. The van der Waals surface area contributed by atoms with E-state index in [-0.39, 0.29) is 0 Å². The number of halogens is 1. The highest BCUT2D eigenvalue weighted by molar-refractivity contribution is 7.10. The van der Waals surface area contributed by atoms with E-state index in [4.69, 9.17) is 11.6 Å². The highest BCUT2D eigenvalue weighted by Crippen LogP contribution is 2.29. The zero-order valence-corrected chi connectivity index (χ0v) is 13.4. The average molecular weight is 324 g/mol. The smallest absolute Gasteiger partial charge is 0.138 e. The van der Waals surface area contributed by atoms with Crippen LogP contribution in [-0.4, -0.2) is 37.1 Å². The molecule has 5 nitrogen and oxygen atoms in total. The molecule has 1 aliphatic carbocycles. The first-order valence-electron chi connectivity index (χ1n) is 7.55. The summed E-state index contributed by atoms with van der Waals surface area (Å²) in [6, 6.07) is 0.546. The first-order valence-corrected chi connectivity index (χ1v) is 8.70. The molecule has 0 aromatic carbocycles. The first-order chi connectivity index (χ1) is 10.3. The van der Waals surface area contributed by atoms with Gasteiger partial charge in [-0.05, 0) is 32.1 Å². The highest BCUT2D eigenvalue weighted by Gasteiger charge is 2.28. The molecule has 21 heavy (non-hydrogen) atoms. The average Bonchev–Trinajstić information content (AvgIpc) is 3.20. The second-order valence-corrected chi connectivity index (χ2v) is 7.28. The summed E-state index contributed by atoms with van der Waals surface area (Å²) in [5, 5.41) is 4.11. The lowest BCUT2D eigenvalue weighted by Gasteiger charge is -2.19. The molecule has 3 heterocycles. The molecular formula is C14H18ClN5S. The molecule has 2 aromatic rings. The van der Waals surface area contributed by atoms with Crippen LogP contribution in [0.5, 0.6) is 0 Å². The minimum absolute atomic E-state index is 0.546. The third-order valence-corrected chi connectivity index (χ3v) is 5.57. The number of nitrogens with zero attached hydrogens (tertiary/aromatic N) is 5. The van der Waals surface area contributed by atoms with Crippen LogP contribution >= 0.6 is 23.1 Å². The zero-order chi connectivity index (χ0) is 14.2. The van der Waals surface area contributed by atoms with Crippen molar-refractivity contribution >= 4 is 23.1 Å². The fraction of sp³-hybridized carbons (Fsp3) is 0.643. The van der Waals surface area contributed by atoms with Crippen molar-refractivity contribution in [2.75, 3.05) is 13.1 Å². The van der Waals surface area contributed by atoms with E-state index < -0.39 is 0 Å². The Hall–Kier alpha value is -0.980. The van der Waals surface area contributed by atoms with Gasteiger partial charge in [0.2, 0.25) is 0 Å². The van der Waals surface area contributed by atoms with Crippen molar-refractivity contribution in [3.05, 3.63) is 27.7 Å². The molecule has 112 valence electrons. The van der Waals surface area contributed by atoms with Gasteiger partial charge in [0, 0.05) is 42.9 Å². The van der Waals surface area contributed by atoms with Crippen LogP contribution < -0.4 is 0 Å². The van der Waals surface area contributed by atoms with Crippen LogP contribution in [0, 0.1) is 0 Å². The first kappa shape index (κ1) is 13.7. The molecule has 0 radical (unpaired) electrons. The number of aromatic nitrogens is 4. The van der Waals surface area contributed by atoms with Gasteiger partial charge in [0.05, 0.1) is 12.0 Å². The number of imidazole rings is 1. The Kier molecular flexibility index (Phi) is 3.69. The normalized spacial score (nSPS) is 22.6. The van der Waals surface area contributed by atoms with Gasteiger partial charge >= 0.3 is 0 Å². The molecule has 2 aromatic heterocycles. The van der Waals surface area contributed by atoms with Gasteiger partial charge < -0.3 is 4.57 Å². The van der Waals surface area contributed by atoms with E-state index in [2.05, 4.69) is 30.4 Å². The van der Waals surface area contributed by atoms with Crippen molar-refractivity contribution in [2.45, 2.75) is 44.7 Å². The third-order valence-electron chi connectivity index (χ3n) is 4.58. The second-order valence-electron chi connectivity index (χ2n) is 5.92. The lowest BCUT2D eigenvalue weighted by molar-refractivity contribution is 0.311. The van der Waals surface area contributed by atoms with Crippen LogP contribution in [0.2, 0.25) is 4.34 Å². The second kappa shape index (κ2) is 5.66. The molecule has 1 atom stereocenters. The van der Waals surface area contributed by atoms with E-state index in [1.807, 2.05) is 0 Å². The number of rotatable bonds is 3. The summed E-state index contributed by atoms with van der Waals surface area (Å²) < 4.78 is 7.05. The highest BCUT2D eigenvalue weighted by atomic mass is 35.5. The number of hydrogen-bond acceptors (Lipinski definition) is 5. The van der Waals surface area contributed by atoms with Gasteiger partial charge in [-0.3, -0.25) is 4.90 Å². The summed E-state index contributed by atoms with van der Waals surface area (Å²) in [5.74, 6) is 0. The lowest BCUT2D eigenvalue weighted by atomic mass is 10.0. The summed E-state index contributed by atoms with van der Waals surface area (Å²) in [6.45, 7) is 2.95. The van der Waals surface area contributed by atoms with Crippen LogP contribution in [-0.2, 0) is 19.4 Å². The van der Waals surface area contributed by atoms with Crippen LogP contribution in [0.15, 0.2) is 6.33 Å². The van der Waals surface area contributed by atoms with E-state index >= 15 is 0 Å². The van der Waals surface area contributed by atoms with Crippen molar-refractivity contribution in [2.24, 2.45) is 0 Å². The lowest BCUT2D eigenvalue weighted by Crippen LogP contribution is -2.22. The van der Waals surface area contributed by atoms with E-state index in [9.17, 15) is 0 Å². The molecule has 0 N–H and O–H groups in total. The van der Waals surface area contributed by atoms with Crippen LogP contribution in [0.4, 0.5) is 0 Å². The molecule has 1 aliphatic heterocycles.